The minimum absolute atomic E-state index is 0.329. The van der Waals surface area contributed by atoms with Crippen LogP contribution < -0.4 is 5.32 Å². The largest absolute Gasteiger partial charge is 0.444 e. The Morgan fingerprint density at radius 1 is 1.39 bits per heavy atom. The highest BCUT2D eigenvalue weighted by atomic mass is 35.5. The van der Waals surface area contributed by atoms with Crippen LogP contribution in [0.3, 0.4) is 0 Å². The molecule has 1 heterocycles. The number of carbonyl (C=O) groups excluding carboxylic acids is 2. The third-order valence-electron chi connectivity index (χ3n) is 2.58. The first-order chi connectivity index (χ1) is 10.4. The second-order valence-corrected chi connectivity index (χ2v) is 6.06. The van der Waals surface area contributed by atoms with Crippen LogP contribution in [-0.4, -0.2) is 34.9 Å². The predicted octanol–water partition coefficient (Wildman–Crippen LogP) is 3.63. The van der Waals surface area contributed by atoms with Crippen LogP contribution in [0.4, 0.5) is 13.6 Å². The van der Waals surface area contributed by atoms with Gasteiger partial charge in [-0.25, -0.2) is 9.78 Å². The zero-order valence-electron chi connectivity index (χ0n) is 13.0. The van der Waals surface area contributed by atoms with E-state index in [1.165, 1.54) is 12.3 Å². The lowest BCUT2D eigenvalue weighted by Gasteiger charge is -2.21. The highest BCUT2D eigenvalue weighted by molar-refractivity contribution is 6.33. The molecule has 8 heteroatoms. The number of ketones is 1. The van der Waals surface area contributed by atoms with E-state index in [0.717, 1.165) is 6.07 Å². The molecule has 0 saturated heterocycles. The van der Waals surface area contributed by atoms with Crippen molar-refractivity contribution in [2.75, 3.05) is 6.54 Å². The number of rotatable bonds is 5. The first-order valence-electron chi connectivity index (χ1n) is 6.63. The number of aromatic nitrogens is 1. The normalized spacial score (nSPS) is 11.7. The lowest BCUT2D eigenvalue weighted by Crippen LogP contribution is -2.39. The molecule has 0 unspecified atom stereocenters. The molecular weight excluding hydrogens is 330 g/mol. The van der Waals surface area contributed by atoms with Crippen LogP contribution in [0.15, 0.2) is 30.5 Å². The zero-order chi connectivity index (χ0) is 17.8. The van der Waals surface area contributed by atoms with Crippen molar-refractivity contribution in [1.29, 1.82) is 0 Å². The molecule has 1 amide bonds. The summed E-state index contributed by atoms with van der Waals surface area (Å²) in [7, 11) is 0. The average molecular weight is 347 g/mol. The van der Waals surface area contributed by atoms with Gasteiger partial charge in [-0.3, -0.25) is 4.79 Å². The Bertz CT molecular complexity index is 627. The number of carbonyl (C=O) groups is 2. The second kappa shape index (κ2) is 7.04. The summed E-state index contributed by atoms with van der Waals surface area (Å²) in [6, 6.07) is 2.46. The zero-order valence-corrected chi connectivity index (χ0v) is 13.7. The van der Waals surface area contributed by atoms with Crippen molar-refractivity contribution in [3.63, 3.8) is 0 Å². The molecule has 0 radical (unpaired) electrons. The molecule has 5 nitrogen and oxygen atoms in total. The predicted molar refractivity (Wildman–Crippen MR) is 81.9 cm³/mol. The van der Waals surface area contributed by atoms with Crippen LogP contribution in [0.25, 0.3) is 0 Å². The van der Waals surface area contributed by atoms with Gasteiger partial charge in [-0.15, -0.1) is 0 Å². The van der Waals surface area contributed by atoms with Gasteiger partial charge in [-0.1, -0.05) is 18.2 Å². The number of halogens is 3. The first kappa shape index (κ1) is 19.0. The summed E-state index contributed by atoms with van der Waals surface area (Å²) < 4.78 is 33.2. The fourth-order valence-electron chi connectivity index (χ4n) is 1.49. The second-order valence-electron chi connectivity index (χ2n) is 5.70. The molecule has 0 aliphatic heterocycles. The van der Waals surface area contributed by atoms with Gasteiger partial charge in [0.25, 0.3) is 0 Å². The Morgan fingerprint density at radius 2 is 2.00 bits per heavy atom. The molecular formula is C15H17ClF2N2O3. The van der Waals surface area contributed by atoms with Gasteiger partial charge in [0, 0.05) is 18.3 Å². The molecule has 0 atom stereocenters. The van der Waals surface area contributed by atoms with E-state index in [0.29, 0.717) is 0 Å². The number of hydrogen-bond donors (Lipinski definition) is 1. The van der Waals surface area contributed by atoms with Crippen LogP contribution in [0.2, 0.25) is 5.15 Å². The number of nitrogens with zero attached hydrogens (tertiary/aromatic N) is 1. The van der Waals surface area contributed by atoms with Crippen molar-refractivity contribution in [3.8, 4) is 0 Å². The Labute approximate surface area is 137 Å². The molecule has 0 bridgehead atoms. The summed E-state index contributed by atoms with van der Waals surface area (Å²) >= 11 is 5.65. The highest BCUT2D eigenvalue weighted by Gasteiger charge is 2.43. The van der Waals surface area contributed by atoms with Gasteiger partial charge in [0.15, 0.2) is 0 Å². The average Bonchev–Trinajstić information content (AvgIpc) is 2.42. The molecule has 1 aromatic rings. The summed E-state index contributed by atoms with van der Waals surface area (Å²) in [5.74, 6) is -5.44. The fraction of sp³-hybridized carbons (Fsp3) is 0.400. The van der Waals surface area contributed by atoms with Gasteiger partial charge in [0.2, 0.25) is 5.78 Å². The van der Waals surface area contributed by atoms with Crippen molar-refractivity contribution in [2.45, 2.75) is 32.3 Å². The molecule has 1 N–H and O–H groups in total. The maximum atomic E-state index is 14.1. The van der Waals surface area contributed by atoms with Crippen LogP contribution >= 0.6 is 11.6 Å². The lowest BCUT2D eigenvalue weighted by atomic mass is 10.0. The molecule has 0 aliphatic rings. The summed E-state index contributed by atoms with van der Waals surface area (Å²) in [5, 5.41) is 1.80. The van der Waals surface area contributed by atoms with Crippen LogP contribution in [0.1, 0.15) is 31.1 Å². The number of Topliss-reactive ketones (excluding diaryl/α,β-unsaturated/α-hetero) is 1. The number of hydrogen-bond acceptors (Lipinski definition) is 4. The highest BCUT2D eigenvalue weighted by Crippen LogP contribution is 2.29. The van der Waals surface area contributed by atoms with Gasteiger partial charge < -0.3 is 10.1 Å². The van der Waals surface area contributed by atoms with Crippen LogP contribution in [-0.2, 0) is 4.74 Å². The number of pyridine rings is 1. The number of alkyl carbamates (subject to hydrolysis) is 1. The maximum Gasteiger partial charge on any atom is 0.407 e. The van der Waals surface area contributed by atoms with Crippen molar-refractivity contribution in [1.82, 2.24) is 10.3 Å². The third kappa shape index (κ3) is 5.28. The van der Waals surface area contributed by atoms with Gasteiger partial charge in [0.1, 0.15) is 10.8 Å². The Morgan fingerprint density at radius 3 is 2.52 bits per heavy atom. The Balaban J connectivity index is 2.76. The third-order valence-corrected chi connectivity index (χ3v) is 2.88. The quantitative estimate of drug-likeness (QED) is 0.502. The number of ether oxygens (including phenoxy) is 1. The molecule has 1 rings (SSSR count). The van der Waals surface area contributed by atoms with Crippen LogP contribution in [0.5, 0.6) is 0 Å². The van der Waals surface area contributed by atoms with Gasteiger partial charge in [-0.05, 0) is 32.9 Å². The number of amides is 1. The number of alkyl halides is 2. The molecule has 0 saturated carbocycles. The summed E-state index contributed by atoms with van der Waals surface area (Å²) in [6.07, 6.45) is 0.386. The SMILES string of the molecule is C=C(CNC(=O)OC(C)(C)C)C(F)(F)C(=O)c1cccnc1Cl. The molecule has 0 fully saturated rings. The molecule has 0 spiro atoms. The van der Waals surface area contributed by atoms with Gasteiger partial charge in [-0.2, -0.15) is 8.78 Å². The minimum Gasteiger partial charge on any atom is -0.444 e. The molecule has 0 aromatic carbocycles. The Hall–Kier alpha value is -2.02. The van der Waals surface area contributed by atoms with E-state index < -0.39 is 41.1 Å². The van der Waals surface area contributed by atoms with E-state index in [9.17, 15) is 18.4 Å². The summed E-state index contributed by atoms with van der Waals surface area (Å²) in [4.78, 5) is 27.0. The monoisotopic (exact) mass is 346 g/mol. The topological polar surface area (TPSA) is 68.3 Å². The number of nitrogens with one attached hydrogen (secondary N) is 1. The van der Waals surface area contributed by atoms with Crippen molar-refractivity contribution < 1.29 is 23.1 Å². The first-order valence-corrected chi connectivity index (χ1v) is 7.01. The lowest BCUT2D eigenvalue weighted by molar-refractivity contribution is 0.0298. The molecule has 126 valence electrons. The van der Waals surface area contributed by atoms with E-state index in [-0.39, 0.29) is 5.15 Å². The fourth-order valence-corrected chi connectivity index (χ4v) is 1.69. The summed E-state index contributed by atoms with van der Waals surface area (Å²) in [6.45, 7) is 7.43. The molecule has 23 heavy (non-hydrogen) atoms. The van der Waals surface area contributed by atoms with Crippen molar-refractivity contribution >= 4 is 23.5 Å². The van der Waals surface area contributed by atoms with E-state index in [1.807, 2.05) is 0 Å². The van der Waals surface area contributed by atoms with Gasteiger partial charge in [0.05, 0.1) is 5.56 Å². The van der Waals surface area contributed by atoms with E-state index in [1.54, 1.807) is 20.8 Å². The van der Waals surface area contributed by atoms with E-state index >= 15 is 0 Å². The van der Waals surface area contributed by atoms with E-state index in [2.05, 4.69) is 16.9 Å². The standard InChI is InChI=1S/C15H17ClF2N2O3/c1-9(8-20-13(22)23-14(2,3)4)15(17,18)11(21)10-6-5-7-19-12(10)16/h5-7H,1,8H2,2-4H3,(H,20,22). The molecule has 1 aromatic heterocycles. The smallest absolute Gasteiger partial charge is 0.407 e. The van der Waals surface area contributed by atoms with E-state index in [4.69, 9.17) is 16.3 Å². The Kier molecular flexibility index (Phi) is 5.82. The van der Waals surface area contributed by atoms with Crippen LogP contribution in [0, 0.1) is 0 Å². The van der Waals surface area contributed by atoms with Gasteiger partial charge >= 0.3 is 12.0 Å². The minimum atomic E-state index is -3.90. The summed E-state index contributed by atoms with van der Waals surface area (Å²) in [5.41, 5.74) is -1.97. The van der Waals surface area contributed by atoms with Crippen molar-refractivity contribution in [3.05, 3.63) is 41.2 Å². The maximum absolute atomic E-state index is 14.1. The molecule has 0 aliphatic carbocycles. The van der Waals surface area contributed by atoms with Crippen molar-refractivity contribution in [2.24, 2.45) is 0 Å².